The standard InChI is InChI=1S/C15H22N2O2/c1-14(2)11-4-5-15(14,3)12(8-11)19-13(18)9-17-7-6-16-10-17/h6-7,10-12H,4-5,8-9H2,1-3H3/p+1/t11-,12+,15+/m0/s1. The van der Waals surface area contributed by atoms with Gasteiger partial charge in [0.1, 0.15) is 18.5 Å². The zero-order valence-electron chi connectivity index (χ0n) is 12.0. The van der Waals surface area contributed by atoms with E-state index in [9.17, 15) is 4.79 Å². The maximum Gasteiger partial charge on any atom is 0.348 e. The molecule has 2 bridgehead atoms. The molecule has 2 saturated carbocycles. The van der Waals surface area contributed by atoms with Crippen molar-refractivity contribution in [2.24, 2.45) is 16.7 Å². The Morgan fingerprint density at radius 1 is 1.47 bits per heavy atom. The number of hydrogen-bond donors (Lipinski definition) is 1. The van der Waals surface area contributed by atoms with Crippen molar-refractivity contribution in [1.29, 1.82) is 0 Å². The lowest BCUT2D eigenvalue weighted by Crippen LogP contribution is -2.42. The topological polar surface area (TPSA) is 46.0 Å². The number of nitrogens with zero attached hydrogens (tertiary/aromatic N) is 1. The van der Waals surface area contributed by atoms with E-state index in [0.29, 0.717) is 17.9 Å². The predicted molar refractivity (Wildman–Crippen MR) is 70.1 cm³/mol. The summed E-state index contributed by atoms with van der Waals surface area (Å²) < 4.78 is 7.59. The zero-order valence-corrected chi connectivity index (χ0v) is 12.0. The SMILES string of the molecule is CC1(C)[C@H]2CC[C@]1(C)[C@H](OC(=O)C[n+]1cc[nH]c1)C2. The number of H-pyrrole nitrogens is 1. The van der Waals surface area contributed by atoms with Crippen LogP contribution in [-0.2, 0) is 16.1 Å². The van der Waals surface area contributed by atoms with Crippen LogP contribution in [-0.4, -0.2) is 17.1 Å². The van der Waals surface area contributed by atoms with Gasteiger partial charge >= 0.3 is 5.97 Å². The van der Waals surface area contributed by atoms with Gasteiger partial charge in [-0.25, -0.2) is 9.36 Å². The highest BCUT2D eigenvalue weighted by Crippen LogP contribution is 2.66. The molecule has 2 fully saturated rings. The molecule has 4 heteroatoms. The van der Waals surface area contributed by atoms with Crippen LogP contribution in [0.25, 0.3) is 0 Å². The Bertz CT molecular complexity index is 480. The highest BCUT2D eigenvalue weighted by atomic mass is 16.5. The monoisotopic (exact) mass is 263 g/mol. The van der Waals surface area contributed by atoms with E-state index < -0.39 is 0 Å². The number of fused-ring (bicyclic) bond motifs is 2. The lowest BCUT2D eigenvalue weighted by molar-refractivity contribution is -0.684. The third-order valence-corrected chi connectivity index (χ3v) is 5.90. The molecule has 1 heterocycles. The first-order valence-electron chi connectivity index (χ1n) is 7.15. The molecule has 0 radical (unpaired) electrons. The Morgan fingerprint density at radius 2 is 2.26 bits per heavy atom. The fourth-order valence-corrected chi connectivity index (χ4v) is 4.07. The van der Waals surface area contributed by atoms with Gasteiger partial charge in [0.05, 0.1) is 0 Å². The van der Waals surface area contributed by atoms with Gasteiger partial charge < -0.3 is 4.74 Å². The van der Waals surface area contributed by atoms with Gasteiger partial charge in [0.25, 0.3) is 0 Å². The maximum atomic E-state index is 12.0. The van der Waals surface area contributed by atoms with Crippen LogP contribution in [0.1, 0.15) is 40.0 Å². The summed E-state index contributed by atoms with van der Waals surface area (Å²) in [6, 6.07) is 0. The number of imidazole rings is 1. The van der Waals surface area contributed by atoms with Crippen molar-refractivity contribution in [2.75, 3.05) is 0 Å². The van der Waals surface area contributed by atoms with Crippen LogP contribution in [0.15, 0.2) is 18.7 Å². The quantitative estimate of drug-likeness (QED) is 0.670. The molecule has 1 N–H and O–H groups in total. The molecule has 104 valence electrons. The van der Waals surface area contributed by atoms with Crippen LogP contribution in [0.4, 0.5) is 0 Å². The van der Waals surface area contributed by atoms with Crippen LogP contribution in [0, 0.1) is 16.7 Å². The van der Waals surface area contributed by atoms with Crippen LogP contribution in [0.3, 0.4) is 0 Å². The molecule has 3 rings (SSSR count). The number of carbonyl (C=O) groups excluding carboxylic acids is 1. The van der Waals surface area contributed by atoms with Crippen molar-refractivity contribution in [3.05, 3.63) is 18.7 Å². The van der Waals surface area contributed by atoms with Crippen molar-refractivity contribution in [1.82, 2.24) is 4.98 Å². The van der Waals surface area contributed by atoms with Gasteiger partial charge in [-0.05, 0) is 30.6 Å². The second kappa shape index (κ2) is 4.09. The number of rotatable bonds is 3. The second-order valence-electron chi connectivity index (χ2n) is 6.87. The minimum absolute atomic E-state index is 0.0910. The van der Waals surface area contributed by atoms with Crippen molar-refractivity contribution >= 4 is 5.97 Å². The van der Waals surface area contributed by atoms with E-state index in [-0.39, 0.29) is 17.5 Å². The summed E-state index contributed by atoms with van der Waals surface area (Å²) in [5, 5.41) is 0. The summed E-state index contributed by atoms with van der Waals surface area (Å²) in [6.07, 6.45) is 9.00. The van der Waals surface area contributed by atoms with Gasteiger partial charge in [0, 0.05) is 5.41 Å². The van der Waals surface area contributed by atoms with Crippen LogP contribution in [0.2, 0.25) is 0 Å². The van der Waals surface area contributed by atoms with E-state index >= 15 is 0 Å². The van der Waals surface area contributed by atoms with E-state index in [0.717, 1.165) is 6.42 Å². The Hall–Kier alpha value is -1.32. The number of esters is 1. The summed E-state index contributed by atoms with van der Waals surface area (Å²) in [4.78, 5) is 15.0. The fourth-order valence-electron chi connectivity index (χ4n) is 4.07. The normalized spacial score (nSPS) is 35.5. The summed E-state index contributed by atoms with van der Waals surface area (Å²) in [7, 11) is 0. The van der Waals surface area contributed by atoms with E-state index in [1.165, 1.54) is 12.8 Å². The smallest absolute Gasteiger partial charge is 0.348 e. The van der Waals surface area contributed by atoms with Crippen LogP contribution < -0.4 is 4.57 Å². The lowest BCUT2D eigenvalue weighted by atomic mass is 9.70. The van der Waals surface area contributed by atoms with Crippen molar-refractivity contribution in [2.45, 2.75) is 52.7 Å². The number of aromatic nitrogens is 2. The first-order valence-corrected chi connectivity index (χ1v) is 7.15. The van der Waals surface area contributed by atoms with Crippen LogP contribution >= 0.6 is 0 Å². The Morgan fingerprint density at radius 3 is 2.79 bits per heavy atom. The third-order valence-electron chi connectivity index (χ3n) is 5.90. The summed E-state index contributed by atoms with van der Waals surface area (Å²) in [5.41, 5.74) is 0.440. The van der Waals surface area contributed by atoms with Gasteiger partial charge in [-0.2, -0.15) is 0 Å². The Balaban J connectivity index is 1.67. The molecule has 0 spiro atoms. The largest absolute Gasteiger partial charge is 0.459 e. The van der Waals surface area contributed by atoms with Gasteiger partial charge in [-0.3, -0.25) is 4.98 Å². The highest BCUT2D eigenvalue weighted by Gasteiger charge is 2.62. The molecule has 3 atom stereocenters. The highest BCUT2D eigenvalue weighted by molar-refractivity contribution is 5.68. The predicted octanol–water partition coefficient (Wildman–Crippen LogP) is 2.06. The number of aromatic amines is 1. The van der Waals surface area contributed by atoms with Crippen molar-refractivity contribution < 1.29 is 14.1 Å². The number of carbonyl (C=O) groups is 1. The minimum Gasteiger partial charge on any atom is -0.459 e. The molecule has 0 aliphatic heterocycles. The van der Waals surface area contributed by atoms with Gasteiger partial charge in [0.15, 0.2) is 6.54 Å². The average Bonchev–Trinajstić information content (AvgIpc) is 2.95. The molecule has 1 aromatic rings. The fraction of sp³-hybridized carbons (Fsp3) is 0.733. The number of nitrogens with one attached hydrogen (secondary N) is 1. The average molecular weight is 263 g/mol. The molecule has 2 aliphatic rings. The van der Waals surface area contributed by atoms with E-state index in [2.05, 4.69) is 25.8 Å². The van der Waals surface area contributed by atoms with Gasteiger partial charge in [0.2, 0.25) is 6.33 Å². The minimum atomic E-state index is -0.126. The van der Waals surface area contributed by atoms with Crippen molar-refractivity contribution in [3.8, 4) is 0 Å². The van der Waals surface area contributed by atoms with E-state index in [1.807, 2.05) is 10.8 Å². The number of hydrogen-bond acceptors (Lipinski definition) is 2. The summed E-state index contributed by atoms with van der Waals surface area (Å²) >= 11 is 0. The first-order chi connectivity index (χ1) is 8.93. The molecule has 4 nitrogen and oxygen atoms in total. The second-order valence-corrected chi connectivity index (χ2v) is 6.87. The van der Waals surface area contributed by atoms with Gasteiger partial charge in [-0.1, -0.05) is 20.8 Å². The third kappa shape index (κ3) is 1.80. The molecule has 1 aromatic heterocycles. The molecule has 19 heavy (non-hydrogen) atoms. The Labute approximate surface area is 114 Å². The molecule has 0 amide bonds. The molecular formula is C15H23N2O2+. The Kier molecular flexibility index (Phi) is 2.73. The summed E-state index contributed by atoms with van der Waals surface area (Å²) in [6.45, 7) is 7.25. The molecule has 0 saturated heterocycles. The maximum absolute atomic E-state index is 12.0. The molecule has 2 aliphatic carbocycles. The molecule has 0 unspecified atom stereocenters. The molecular weight excluding hydrogens is 240 g/mol. The van der Waals surface area contributed by atoms with Crippen LogP contribution in [0.5, 0.6) is 0 Å². The van der Waals surface area contributed by atoms with Crippen molar-refractivity contribution in [3.63, 3.8) is 0 Å². The molecule has 0 aromatic carbocycles. The van der Waals surface area contributed by atoms with E-state index in [1.54, 1.807) is 12.5 Å². The first kappa shape index (κ1) is 12.7. The zero-order chi connectivity index (χ0) is 13.7. The lowest BCUT2D eigenvalue weighted by Gasteiger charge is -2.38. The summed E-state index contributed by atoms with van der Waals surface area (Å²) in [5.74, 6) is 0.578. The van der Waals surface area contributed by atoms with Gasteiger partial charge in [-0.15, -0.1) is 0 Å². The number of ether oxygens (including phenoxy) is 1. The van der Waals surface area contributed by atoms with E-state index in [4.69, 9.17) is 4.74 Å².